The van der Waals surface area contributed by atoms with Gasteiger partial charge in [0.1, 0.15) is 0 Å². The molecule has 1 aromatic rings. The normalized spacial score (nSPS) is 18.3. The lowest BCUT2D eigenvalue weighted by atomic mass is 9.95. The van der Waals surface area contributed by atoms with E-state index in [1.807, 2.05) is 0 Å². The maximum atomic E-state index is 3.44. The molecule has 1 aliphatic heterocycles. The second-order valence-electron chi connectivity index (χ2n) is 6.33. The second kappa shape index (κ2) is 6.59. The molecule has 0 spiro atoms. The number of hydrogen-bond acceptors (Lipinski definition) is 3. The van der Waals surface area contributed by atoms with Gasteiger partial charge in [-0.05, 0) is 30.0 Å². The predicted molar refractivity (Wildman–Crippen MR) is 87.7 cm³/mol. The lowest BCUT2D eigenvalue weighted by Crippen LogP contribution is -2.44. The van der Waals surface area contributed by atoms with Gasteiger partial charge in [-0.1, -0.05) is 26.0 Å². The van der Waals surface area contributed by atoms with Crippen LogP contribution in [0.25, 0.3) is 0 Å². The van der Waals surface area contributed by atoms with Gasteiger partial charge in [0.25, 0.3) is 0 Å². The molecule has 3 nitrogen and oxygen atoms in total. The van der Waals surface area contributed by atoms with Gasteiger partial charge in [-0.15, -0.1) is 0 Å². The van der Waals surface area contributed by atoms with E-state index >= 15 is 0 Å². The van der Waals surface area contributed by atoms with E-state index in [0.717, 1.165) is 26.2 Å². The predicted octanol–water partition coefficient (Wildman–Crippen LogP) is 2.84. The molecule has 1 unspecified atom stereocenters. The standard InChI is InChI=1S/C17H29N3/c1-13(2)15-6-7-17(19(4)5)16(12-15)14(3)20-10-8-18-9-11-20/h6-7,12-14,18H,8-11H2,1-5H3. The van der Waals surface area contributed by atoms with Crippen LogP contribution in [-0.2, 0) is 0 Å². The molecular formula is C17H29N3. The first kappa shape index (κ1) is 15.3. The van der Waals surface area contributed by atoms with Crippen molar-refractivity contribution >= 4 is 5.69 Å². The van der Waals surface area contributed by atoms with E-state index in [2.05, 4.69) is 68.2 Å². The molecule has 0 saturated carbocycles. The Labute approximate surface area is 124 Å². The number of rotatable bonds is 4. The topological polar surface area (TPSA) is 18.5 Å². The minimum atomic E-state index is 0.480. The van der Waals surface area contributed by atoms with Crippen LogP contribution < -0.4 is 10.2 Å². The van der Waals surface area contributed by atoms with Crippen LogP contribution in [-0.4, -0.2) is 45.2 Å². The first-order valence-corrected chi connectivity index (χ1v) is 7.76. The van der Waals surface area contributed by atoms with Crippen LogP contribution in [0.3, 0.4) is 0 Å². The van der Waals surface area contributed by atoms with Crippen LogP contribution in [0.1, 0.15) is 43.9 Å². The lowest BCUT2D eigenvalue weighted by Gasteiger charge is -2.35. The third kappa shape index (κ3) is 3.33. The summed E-state index contributed by atoms with van der Waals surface area (Å²) >= 11 is 0. The van der Waals surface area contributed by atoms with E-state index in [4.69, 9.17) is 0 Å². The Hall–Kier alpha value is -1.06. The van der Waals surface area contributed by atoms with Crippen molar-refractivity contribution in [2.75, 3.05) is 45.2 Å². The monoisotopic (exact) mass is 275 g/mol. The van der Waals surface area contributed by atoms with Crippen molar-refractivity contribution in [1.82, 2.24) is 10.2 Å². The van der Waals surface area contributed by atoms with E-state index < -0.39 is 0 Å². The first-order valence-electron chi connectivity index (χ1n) is 7.76. The van der Waals surface area contributed by atoms with Gasteiger partial charge >= 0.3 is 0 Å². The Morgan fingerprint density at radius 2 is 1.75 bits per heavy atom. The molecule has 1 heterocycles. The van der Waals surface area contributed by atoms with Gasteiger partial charge in [0.05, 0.1) is 0 Å². The number of nitrogens with zero attached hydrogens (tertiary/aromatic N) is 2. The molecular weight excluding hydrogens is 246 g/mol. The SMILES string of the molecule is CC(C)c1ccc(N(C)C)c(C(C)N2CCNCC2)c1. The number of nitrogens with one attached hydrogen (secondary N) is 1. The fraction of sp³-hybridized carbons (Fsp3) is 0.647. The van der Waals surface area contributed by atoms with Gasteiger partial charge in [0, 0.05) is 52.0 Å². The molecule has 20 heavy (non-hydrogen) atoms. The maximum Gasteiger partial charge on any atom is 0.0409 e. The van der Waals surface area contributed by atoms with Crippen molar-refractivity contribution in [2.24, 2.45) is 0 Å². The Balaban J connectivity index is 2.32. The maximum absolute atomic E-state index is 3.44. The molecule has 0 radical (unpaired) electrons. The molecule has 1 saturated heterocycles. The van der Waals surface area contributed by atoms with Crippen LogP contribution >= 0.6 is 0 Å². The minimum absolute atomic E-state index is 0.480. The van der Waals surface area contributed by atoms with Crippen molar-refractivity contribution < 1.29 is 0 Å². The fourth-order valence-electron chi connectivity index (χ4n) is 2.94. The number of benzene rings is 1. The van der Waals surface area contributed by atoms with E-state index in [0.29, 0.717) is 12.0 Å². The van der Waals surface area contributed by atoms with E-state index in [1.165, 1.54) is 16.8 Å². The Bertz CT molecular complexity index is 434. The third-order valence-electron chi connectivity index (χ3n) is 4.35. The zero-order valence-corrected chi connectivity index (χ0v) is 13.6. The highest BCUT2D eigenvalue weighted by Gasteiger charge is 2.21. The van der Waals surface area contributed by atoms with Crippen molar-refractivity contribution in [1.29, 1.82) is 0 Å². The number of hydrogen-bond donors (Lipinski definition) is 1. The van der Waals surface area contributed by atoms with E-state index in [9.17, 15) is 0 Å². The van der Waals surface area contributed by atoms with Gasteiger partial charge in [0.2, 0.25) is 0 Å². The van der Waals surface area contributed by atoms with Crippen LogP contribution in [0.15, 0.2) is 18.2 Å². The summed E-state index contributed by atoms with van der Waals surface area (Å²) in [5.41, 5.74) is 4.25. The zero-order chi connectivity index (χ0) is 14.7. The Morgan fingerprint density at radius 3 is 2.30 bits per heavy atom. The fourth-order valence-corrected chi connectivity index (χ4v) is 2.94. The molecule has 0 aromatic heterocycles. The summed E-state index contributed by atoms with van der Waals surface area (Å²) in [4.78, 5) is 4.82. The molecule has 1 N–H and O–H groups in total. The van der Waals surface area contributed by atoms with Gasteiger partial charge < -0.3 is 10.2 Å². The number of piperazine rings is 1. The molecule has 0 aliphatic carbocycles. The van der Waals surface area contributed by atoms with E-state index in [-0.39, 0.29) is 0 Å². The molecule has 1 atom stereocenters. The summed E-state index contributed by atoms with van der Waals surface area (Å²) in [7, 11) is 4.27. The van der Waals surface area contributed by atoms with Gasteiger partial charge in [-0.3, -0.25) is 4.90 Å². The average Bonchev–Trinajstić information content (AvgIpc) is 2.46. The summed E-state index contributed by atoms with van der Waals surface area (Å²) in [5, 5.41) is 3.44. The summed E-state index contributed by atoms with van der Waals surface area (Å²) < 4.78 is 0. The molecule has 1 fully saturated rings. The van der Waals surface area contributed by atoms with Crippen molar-refractivity contribution in [3.8, 4) is 0 Å². The lowest BCUT2D eigenvalue weighted by molar-refractivity contribution is 0.186. The second-order valence-corrected chi connectivity index (χ2v) is 6.33. The molecule has 2 rings (SSSR count). The molecule has 0 amide bonds. The smallest absolute Gasteiger partial charge is 0.0409 e. The Kier molecular flexibility index (Phi) is 5.06. The van der Waals surface area contributed by atoms with Gasteiger partial charge in [0.15, 0.2) is 0 Å². The van der Waals surface area contributed by atoms with Crippen LogP contribution in [0, 0.1) is 0 Å². The summed E-state index contributed by atoms with van der Waals surface area (Å²) in [6.45, 7) is 11.4. The van der Waals surface area contributed by atoms with Crippen molar-refractivity contribution in [2.45, 2.75) is 32.7 Å². The Morgan fingerprint density at radius 1 is 1.10 bits per heavy atom. The van der Waals surface area contributed by atoms with Crippen molar-refractivity contribution in [3.63, 3.8) is 0 Å². The first-order chi connectivity index (χ1) is 9.50. The molecule has 1 aliphatic rings. The highest BCUT2D eigenvalue weighted by Crippen LogP contribution is 2.32. The highest BCUT2D eigenvalue weighted by molar-refractivity contribution is 5.55. The van der Waals surface area contributed by atoms with Crippen LogP contribution in [0.5, 0.6) is 0 Å². The average molecular weight is 275 g/mol. The minimum Gasteiger partial charge on any atom is -0.377 e. The van der Waals surface area contributed by atoms with Gasteiger partial charge in [-0.25, -0.2) is 0 Å². The van der Waals surface area contributed by atoms with Gasteiger partial charge in [-0.2, -0.15) is 0 Å². The molecule has 3 heteroatoms. The zero-order valence-electron chi connectivity index (χ0n) is 13.6. The quantitative estimate of drug-likeness (QED) is 0.911. The summed E-state index contributed by atoms with van der Waals surface area (Å²) in [6, 6.07) is 7.44. The largest absolute Gasteiger partial charge is 0.377 e. The highest BCUT2D eigenvalue weighted by atomic mass is 15.2. The molecule has 0 bridgehead atoms. The van der Waals surface area contributed by atoms with E-state index in [1.54, 1.807) is 0 Å². The summed E-state index contributed by atoms with van der Waals surface area (Å²) in [6.07, 6.45) is 0. The van der Waals surface area contributed by atoms with Crippen molar-refractivity contribution in [3.05, 3.63) is 29.3 Å². The number of anilines is 1. The third-order valence-corrected chi connectivity index (χ3v) is 4.35. The van der Waals surface area contributed by atoms with Crippen LogP contribution in [0.2, 0.25) is 0 Å². The molecule has 112 valence electrons. The molecule has 1 aromatic carbocycles. The summed E-state index contributed by atoms with van der Waals surface area (Å²) in [5.74, 6) is 0.584. The van der Waals surface area contributed by atoms with Crippen LogP contribution in [0.4, 0.5) is 5.69 Å².